The summed E-state index contributed by atoms with van der Waals surface area (Å²) in [5.74, 6) is 1.17. The Kier molecular flexibility index (Phi) is 2.15. The molecular formula is C12H12ClNS. The molecule has 0 saturated heterocycles. The van der Waals surface area contributed by atoms with E-state index in [2.05, 4.69) is 29.8 Å². The first-order valence-electron chi connectivity index (χ1n) is 5.12. The number of hydrogen-bond donors (Lipinski definition) is 1. The molecule has 1 aromatic heterocycles. The molecule has 3 rings (SSSR count). The third kappa shape index (κ3) is 1.28. The van der Waals surface area contributed by atoms with Crippen molar-refractivity contribution < 1.29 is 0 Å². The highest BCUT2D eigenvalue weighted by molar-refractivity contribution is 7.17. The smallest absolute Gasteiger partial charge is 0.0384 e. The highest BCUT2D eigenvalue weighted by Gasteiger charge is 2.24. The molecule has 1 unspecified atom stereocenters. The number of halogens is 1. The molecule has 2 heterocycles. The van der Waals surface area contributed by atoms with Crippen molar-refractivity contribution in [3.8, 4) is 0 Å². The van der Waals surface area contributed by atoms with Crippen molar-refractivity contribution in [3.63, 3.8) is 0 Å². The summed E-state index contributed by atoms with van der Waals surface area (Å²) < 4.78 is 1.38. The fourth-order valence-electron chi connectivity index (χ4n) is 2.36. The average Bonchev–Trinajstić information content (AvgIpc) is 2.81. The van der Waals surface area contributed by atoms with Crippen LogP contribution in [0.25, 0.3) is 10.1 Å². The quantitative estimate of drug-likeness (QED) is 0.741. The van der Waals surface area contributed by atoms with Crippen molar-refractivity contribution in [2.45, 2.75) is 12.8 Å². The number of fused-ring (bicyclic) bond motifs is 3. The third-order valence-electron chi connectivity index (χ3n) is 3.10. The molecule has 0 radical (unpaired) electrons. The summed E-state index contributed by atoms with van der Waals surface area (Å²) in [5.41, 5.74) is 4.08. The molecule has 1 aliphatic heterocycles. The van der Waals surface area contributed by atoms with Crippen molar-refractivity contribution in [1.82, 2.24) is 0 Å². The Morgan fingerprint density at radius 3 is 3.20 bits per heavy atom. The topological polar surface area (TPSA) is 12.0 Å². The van der Waals surface area contributed by atoms with E-state index in [1.54, 1.807) is 0 Å². The lowest BCUT2D eigenvalue weighted by molar-refractivity contribution is 0.869. The van der Waals surface area contributed by atoms with Gasteiger partial charge in [0.15, 0.2) is 0 Å². The zero-order valence-corrected chi connectivity index (χ0v) is 10.1. The molecule has 15 heavy (non-hydrogen) atoms. The Labute approximate surface area is 98.1 Å². The van der Waals surface area contributed by atoms with Crippen LogP contribution in [0.5, 0.6) is 0 Å². The maximum absolute atomic E-state index is 6.02. The number of alkyl halides is 1. The summed E-state index contributed by atoms with van der Waals surface area (Å²) in [4.78, 5) is 0. The molecular weight excluding hydrogens is 226 g/mol. The van der Waals surface area contributed by atoms with Gasteiger partial charge in [-0.05, 0) is 35.6 Å². The number of rotatable bonds is 1. The monoisotopic (exact) mass is 237 g/mol. The zero-order valence-electron chi connectivity index (χ0n) is 8.51. The number of nitrogens with one attached hydrogen (secondary N) is 1. The van der Waals surface area contributed by atoms with Crippen LogP contribution < -0.4 is 5.32 Å². The van der Waals surface area contributed by atoms with Crippen LogP contribution >= 0.6 is 22.9 Å². The van der Waals surface area contributed by atoms with E-state index in [4.69, 9.17) is 11.6 Å². The number of hydrogen-bond acceptors (Lipinski definition) is 2. The Hall–Kier alpha value is -0.730. The summed E-state index contributed by atoms with van der Waals surface area (Å²) in [6, 6.07) is 4.38. The molecule has 0 fully saturated rings. The van der Waals surface area contributed by atoms with E-state index >= 15 is 0 Å². The Morgan fingerprint density at radius 1 is 1.53 bits per heavy atom. The van der Waals surface area contributed by atoms with Crippen molar-refractivity contribution in [2.24, 2.45) is 0 Å². The average molecular weight is 238 g/mol. The van der Waals surface area contributed by atoms with E-state index < -0.39 is 0 Å². The van der Waals surface area contributed by atoms with Crippen LogP contribution in [0.3, 0.4) is 0 Å². The van der Waals surface area contributed by atoms with Gasteiger partial charge in [-0.25, -0.2) is 0 Å². The molecule has 1 N–H and O–H groups in total. The molecule has 1 aliphatic rings. The third-order valence-corrected chi connectivity index (χ3v) is 4.54. The second-order valence-electron chi connectivity index (χ2n) is 4.05. The minimum atomic E-state index is 0.471. The van der Waals surface area contributed by atoms with Gasteiger partial charge in [0.2, 0.25) is 0 Å². The number of aryl methyl sites for hydroxylation is 1. The van der Waals surface area contributed by atoms with E-state index in [1.807, 2.05) is 11.3 Å². The molecule has 0 bridgehead atoms. The molecule has 1 nitrogen and oxygen atoms in total. The normalized spacial score (nSPS) is 19.2. The molecule has 2 aromatic rings. The molecule has 0 saturated carbocycles. The van der Waals surface area contributed by atoms with Gasteiger partial charge >= 0.3 is 0 Å². The lowest BCUT2D eigenvalue weighted by Gasteiger charge is -2.07. The predicted octanol–water partition coefficient (Wildman–Crippen LogP) is 3.96. The highest BCUT2D eigenvalue weighted by atomic mass is 35.5. The SMILES string of the molecule is Cc1csc2ccc3c(c12)C(CCl)CN3. The summed E-state index contributed by atoms with van der Waals surface area (Å²) in [6.45, 7) is 3.16. The predicted molar refractivity (Wildman–Crippen MR) is 68.5 cm³/mol. The Balaban J connectivity index is 2.36. The molecule has 78 valence electrons. The summed E-state index contributed by atoms with van der Waals surface area (Å²) >= 11 is 7.84. The molecule has 1 aromatic carbocycles. The largest absolute Gasteiger partial charge is 0.384 e. The van der Waals surface area contributed by atoms with Crippen LogP contribution in [0.4, 0.5) is 5.69 Å². The zero-order chi connectivity index (χ0) is 10.4. The first-order valence-corrected chi connectivity index (χ1v) is 6.53. The van der Waals surface area contributed by atoms with Crippen molar-refractivity contribution in [2.75, 3.05) is 17.7 Å². The van der Waals surface area contributed by atoms with E-state index in [1.165, 1.54) is 26.9 Å². The highest BCUT2D eigenvalue weighted by Crippen LogP contribution is 2.41. The Bertz CT molecular complexity index is 518. The second kappa shape index (κ2) is 3.39. The van der Waals surface area contributed by atoms with Crippen LogP contribution in [0.2, 0.25) is 0 Å². The number of benzene rings is 1. The molecule has 0 amide bonds. The minimum Gasteiger partial charge on any atom is -0.384 e. The first-order chi connectivity index (χ1) is 7.31. The van der Waals surface area contributed by atoms with Crippen LogP contribution in [0, 0.1) is 6.92 Å². The van der Waals surface area contributed by atoms with Crippen molar-refractivity contribution in [3.05, 3.63) is 28.6 Å². The van der Waals surface area contributed by atoms with E-state index in [0.717, 1.165) is 6.54 Å². The van der Waals surface area contributed by atoms with Gasteiger partial charge in [-0.15, -0.1) is 22.9 Å². The van der Waals surface area contributed by atoms with Gasteiger partial charge in [0.1, 0.15) is 0 Å². The number of thiophene rings is 1. The maximum atomic E-state index is 6.02. The van der Waals surface area contributed by atoms with Gasteiger partial charge in [-0.3, -0.25) is 0 Å². The molecule has 0 aliphatic carbocycles. The maximum Gasteiger partial charge on any atom is 0.0384 e. The summed E-state index contributed by atoms with van der Waals surface area (Å²) in [7, 11) is 0. The van der Waals surface area contributed by atoms with Gasteiger partial charge in [0, 0.05) is 34.1 Å². The van der Waals surface area contributed by atoms with E-state index in [0.29, 0.717) is 11.8 Å². The van der Waals surface area contributed by atoms with E-state index in [-0.39, 0.29) is 0 Å². The molecule has 3 heteroatoms. The van der Waals surface area contributed by atoms with Gasteiger partial charge in [-0.2, -0.15) is 0 Å². The van der Waals surface area contributed by atoms with Gasteiger partial charge in [0.25, 0.3) is 0 Å². The van der Waals surface area contributed by atoms with Gasteiger partial charge in [0.05, 0.1) is 0 Å². The minimum absolute atomic E-state index is 0.471. The molecule has 0 spiro atoms. The Morgan fingerprint density at radius 2 is 2.40 bits per heavy atom. The lowest BCUT2D eigenvalue weighted by atomic mass is 9.97. The van der Waals surface area contributed by atoms with Gasteiger partial charge in [-0.1, -0.05) is 0 Å². The fourth-order valence-corrected chi connectivity index (χ4v) is 3.58. The van der Waals surface area contributed by atoms with Crippen molar-refractivity contribution >= 4 is 38.7 Å². The van der Waals surface area contributed by atoms with Crippen LogP contribution in [-0.4, -0.2) is 12.4 Å². The second-order valence-corrected chi connectivity index (χ2v) is 5.27. The standard InChI is InChI=1S/C12H12ClNS/c1-7-6-15-10-3-2-9-12(11(7)10)8(4-13)5-14-9/h2-3,6,8,14H,4-5H2,1H3. The van der Waals surface area contributed by atoms with Crippen LogP contribution in [-0.2, 0) is 0 Å². The molecule has 1 atom stereocenters. The van der Waals surface area contributed by atoms with Crippen LogP contribution in [0.15, 0.2) is 17.5 Å². The van der Waals surface area contributed by atoms with Crippen LogP contribution in [0.1, 0.15) is 17.0 Å². The summed E-state index contributed by atoms with van der Waals surface area (Å²) in [5, 5.41) is 7.09. The first kappa shape index (κ1) is 9.49. The number of anilines is 1. The van der Waals surface area contributed by atoms with E-state index in [9.17, 15) is 0 Å². The summed E-state index contributed by atoms with van der Waals surface area (Å²) in [6.07, 6.45) is 0. The van der Waals surface area contributed by atoms with Gasteiger partial charge < -0.3 is 5.32 Å². The van der Waals surface area contributed by atoms with Crippen molar-refractivity contribution in [1.29, 1.82) is 0 Å². The lowest BCUT2D eigenvalue weighted by Crippen LogP contribution is -2.02. The fraction of sp³-hybridized carbons (Fsp3) is 0.333.